The van der Waals surface area contributed by atoms with Crippen LogP contribution in [0.5, 0.6) is 11.5 Å². The van der Waals surface area contributed by atoms with Gasteiger partial charge in [0.15, 0.2) is 18.1 Å². The van der Waals surface area contributed by atoms with E-state index in [1.54, 1.807) is 49.4 Å². The SMILES string of the molecule is COc1cc(C=C2C(=O)N(c3ccccc3)N=C2C)ccc1OCC(=O)Nc1ccc(Br)c(Cl)c1. The summed E-state index contributed by atoms with van der Waals surface area (Å²) in [6.07, 6.45) is 1.75. The van der Waals surface area contributed by atoms with Gasteiger partial charge in [0, 0.05) is 10.2 Å². The molecule has 0 saturated heterocycles. The molecule has 0 unspecified atom stereocenters. The number of hydrazone groups is 1. The standard InChI is InChI=1S/C26H21BrClN3O4/c1-16-20(26(33)31(30-16)19-6-4-3-5-7-19)12-17-8-11-23(24(13-17)34-2)35-15-25(32)29-18-9-10-21(27)22(28)14-18/h3-14H,15H2,1-2H3,(H,29,32). The molecule has 0 aromatic heterocycles. The number of methoxy groups -OCH3 is 1. The Hall–Kier alpha value is -3.62. The molecule has 0 atom stereocenters. The van der Waals surface area contributed by atoms with E-state index < -0.39 is 0 Å². The highest BCUT2D eigenvalue weighted by atomic mass is 79.9. The summed E-state index contributed by atoms with van der Waals surface area (Å²) in [5.41, 5.74) is 3.09. The predicted molar refractivity (Wildman–Crippen MR) is 141 cm³/mol. The van der Waals surface area contributed by atoms with E-state index in [0.717, 1.165) is 10.0 Å². The van der Waals surface area contributed by atoms with Gasteiger partial charge in [-0.1, -0.05) is 35.9 Å². The Morgan fingerprint density at radius 2 is 1.89 bits per heavy atom. The Labute approximate surface area is 216 Å². The summed E-state index contributed by atoms with van der Waals surface area (Å²) in [6.45, 7) is 1.57. The number of halogens is 2. The van der Waals surface area contributed by atoms with Crippen LogP contribution in [-0.4, -0.2) is 31.2 Å². The molecule has 0 spiro atoms. The van der Waals surface area contributed by atoms with E-state index >= 15 is 0 Å². The van der Waals surface area contributed by atoms with E-state index in [0.29, 0.717) is 39.2 Å². The van der Waals surface area contributed by atoms with Crippen molar-refractivity contribution in [2.75, 3.05) is 24.0 Å². The zero-order valence-corrected chi connectivity index (χ0v) is 21.3. The van der Waals surface area contributed by atoms with Gasteiger partial charge in [-0.15, -0.1) is 0 Å². The first-order chi connectivity index (χ1) is 16.9. The number of hydrogen-bond acceptors (Lipinski definition) is 5. The molecule has 1 N–H and O–H groups in total. The second-order valence-corrected chi connectivity index (χ2v) is 8.83. The van der Waals surface area contributed by atoms with Crippen LogP contribution in [0.25, 0.3) is 6.08 Å². The summed E-state index contributed by atoms with van der Waals surface area (Å²) in [6, 6.07) is 19.6. The molecule has 0 bridgehead atoms. The highest BCUT2D eigenvalue weighted by Gasteiger charge is 2.28. The lowest BCUT2D eigenvalue weighted by Crippen LogP contribution is -2.21. The molecule has 2 amide bonds. The summed E-state index contributed by atoms with van der Waals surface area (Å²) in [5, 5.41) is 8.99. The van der Waals surface area contributed by atoms with Crippen LogP contribution < -0.4 is 19.8 Å². The van der Waals surface area contributed by atoms with Crippen molar-refractivity contribution in [3.63, 3.8) is 0 Å². The monoisotopic (exact) mass is 553 g/mol. The first-order valence-electron chi connectivity index (χ1n) is 10.6. The van der Waals surface area contributed by atoms with Crippen molar-refractivity contribution in [3.8, 4) is 11.5 Å². The zero-order chi connectivity index (χ0) is 24.9. The highest BCUT2D eigenvalue weighted by molar-refractivity contribution is 9.10. The fourth-order valence-electron chi connectivity index (χ4n) is 3.40. The van der Waals surface area contributed by atoms with E-state index in [1.165, 1.54) is 12.1 Å². The number of carbonyl (C=O) groups is 2. The van der Waals surface area contributed by atoms with Crippen LogP contribution in [0.3, 0.4) is 0 Å². The third-order valence-corrected chi connectivity index (χ3v) is 6.36. The first kappa shape index (κ1) is 24.5. The average molecular weight is 555 g/mol. The fourth-order valence-corrected chi connectivity index (χ4v) is 3.83. The quantitative estimate of drug-likeness (QED) is 0.367. The summed E-state index contributed by atoms with van der Waals surface area (Å²) in [5.74, 6) is 0.269. The predicted octanol–water partition coefficient (Wildman–Crippen LogP) is 5.93. The Kier molecular flexibility index (Phi) is 7.53. The third-order valence-electron chi connectivity index (χ3n) is 5.12. The maximum atomic E-state index is 12.9. The van der Waals surface area contributed by atoms with Gasteiger partial charge >= 0.3 is 0 Å². The molecule has 1 heterocycles. The number of para-hydroxylation sites is 1. The smallest absolute Gasteiger partial charge is 0.280 e. The number of hydrogen-bond donors (Lipinski definition) is 1. The van der Waals surface area contributed by atoms with Gasteiger partial charge in [-0.05, 0) is 77.0 Å². The van der Waals surface area contributed by atoms with Crippen LogP contribution in [0.1, 0.15) is 12.5 Å². The Balaban J connectivity index is 1.45. The summed E-state index contributed by atoms with van der Waals surface area (Å²) >= 11 is 9.37. The maximum absolute atomic E-state index is 12.9. The number of benzene rings is 3. The van der Waals surface area contributed by atoms with Gasteiger partial charge in [0.2, 0.25) is 0 Å². The minimum Gasteiger partial charge on any atom is -0.493 e. The van der Waals surface area contributed by atoms with E-state index in [2.05, 4.69) is 26.3 Å². The molecule has 9 heteroatoms. The molecule has 0 saturated carbocycles. The minimum atomic E-state index is -0.346. The molecular weight excluding hydrogens is 534 g/mol. The number of ether oxygens (including phenoxy) is 2. The topological polar surface area (TPSA) is 80.2 Å². The molecule has 178 valence electrons. The Bertz CT molecular complexity index is 1340. The number of nitrogens with one attached hydrogen (secondary N) is 1. The highest BCUT2D eigenvalue weighted by Crippen LogP contribution is 2.31. The molecular formula is C26H21BrClN3O4. The second kappa shape index (κ2) is 10.8. The van der Waals surface area contributed by atoms with Crippen molar-refractivity contribution in [2.24, 2.45) is 5.10 Å². The Morgan fingerprint density at radius 3 is 2.60 bits per heavy atom. The number of rotatable bonds is 7. The van der Waals surface area contributed by atoms with Crippen LogP contribution in [0.15, 0.2) is 81.9 Å². The zero-order valence-electron chi connectivity index (χ0n) is 18.9. The van der Waals surface area contributed by atoms with Crippen LogP contribution in [0, 0.1) is 0 Å². The lowest BCUT2D eigenvalue weighted by Gasteiger charge is -2.12. The fraction of sp³-hybridized carbons (Fsp3) is 0.115. The largest absolute Gasteiger partial charge is 0.493 e. The van der Waals surface area contributed by atoms with Gasteiger partial charge in [0.25, 0.3) is 11.8 Å². The molecule has 1 aliphatic rings. The van der Waals surface area contributed by atoms with Crippen molar-refractivity contribution in [1.82, 2.24) is 0 Å². The van der Waals surface area contributed by atoms with Gasteiger partial charge in [-0.25, -0.2) is 0 Å². The number of amides is 2. The van der Waals surface area contributed by atoms with Gasteiger partial charge in [-0.2, -0.15) is 10.1 Å². The number of anilines is 2. The molecule has 0 radical (unpaired) electrons. The van der Waals surface area contributed by atoms with E-state index in [4.69, 9.17) is 21.1 Å². The van der Waals surface area contributed by atoms with E-state index in [9.17, 15) is 9.59 Å². The first-order valence-corrected chi connectivity index (χ1v) is 11.8. The van der Waals surface area contributed by atoms with Crippen molar-refractivity contribution < 1.29 is 19.1 Å². The van der Waals surface area contributed by atoms with Crippen LogP contribution >= 0.6 is 27.5 Å². The van der Waals surface area contributed by atoms with Crippen molar-refractivity contribution in [3.05, 3.63) is 87.4 Å². The van der Waals surface area contributed by atoms with Crippen LogP contribution in [-0.2, 0) is 9.59 Å². The average Bonchev–Trinajstić information content (AvgIpc) is 3.14. The third kappa shape index (κ3) is 5.72. The molecule has 1 aliphatic heterocycles. The van der Waals surface area contributed by atoms with Gasteiger partial charge in [0.1, 0.15) is 0 Å². The summed E-state index contributed by atoms with van der Waals surface area (Å²) in [7, 11) is 1.51. The van der Waals surface area contributed by atoms with Crippen LogP contribution in [0.2, 0.25) is 5.02 Å². The maximum Gasteiger partial charge on any atom is 0.280 e. The molecule has 0 aliphatic carbocycles. The Morgan fingerprint density at radius 1 is 1.11 bits per heavy atom. The van der Waals surface area contributed by atoms with Crippen molar-refractivity contribution in [1.29, 1.82) is 0 Å². The lowest BCUT2D eigenvalue weighted by molar-refractivity contribution is -0.118. The minimum absolute atomic E-state index is 0.210. The lowest BCUT2D eigenvalue weighted by atomic mass is 10.1. The summed E-state index contributed by atoms with van der Waals surface area (Å²) < 4.78 is 11.8. The van der Waals surface area contributed by atoms with Gasteiger partial charge in [-0.3, -0.25) is 9.59 Å². The van der Waals surface area contributed by atoms with Gasteiger partial charge in [0.05, 0.1) is 29.1 Å². The van der Waals surface area contributed by atoms with Crippen molar-refractivity contribution in [2.45, 2.75) is 6.92 Å². The van der Waals surface area contributed by atoms with Gasteiger partial charge < -0.3 is 14.8 Å². The van der Waals surface area contributed by atoms with E-state index in [1.807, 2.05) is 30.3 Å². The number of nitrogens with zero attached hydrogens (tertiary/aromatic N) is 2. The number of carbonyl (C=O) groups excluding carboxylic acids is 2. The molecule has 0 fully saturated rings. The molecule has 35 heavy (non-hydrogen) atoms. The molecule has 3 aromatic rings. The molecule has 7 nitrogen and oxygen atoms in total. The summed E-state index contributed by atoms with van der Waals surface area (Å²) in [4.78, 5) is 25.2. The normalized spacial score (nSPS) is 14.2. The second-order valence-electron chi connectivity index (χ2n) is 7.57. The molecule has 4 rings (SSSR count). The molecule has 3 aromatic carbocycles. The van der Waals surface area contributed by atoms with E-state index in [-0.39, 0.29) is 18.4 Å². The van der Waals surface area contributed by atoms with Crippen LogP contribution in [0.4, 0.5) is 11.4 Å². The van der Waals surface area contributed by atoms with Crippen molar-refractivity contribution >= 4 is 62.5 Å².